The number of aryl methyl sites for hydroxylation is 1. The number of aromatic nitrogens is 3. The predicted molar refractivity (Wildman–Crippen MR) is 99.7 cm³/mol. The van der Waals surface area contributed by atoms with Gasteiger partial charge in [0, 0.05) is 43.3 Å². The summed E-state index contributed by atoms with van der Waals surface area (Å²) >= 11 is 0. The van der Waals surface area contributed by atoms with Crippen molar-refractivity contribution in [2.45, 2.75) is 0 Å². The zero-order valence-corrected chi connectivity index (χ0v) is 15.3. The van der Waals surface area contributed by atoms with Crippen molar-refractivity contribution in [1.82, 2.24) is 14.3 Å². The van der Waals surface area contributed by atoms with Gasteiger partial charge in [0.05, 0.1) is 6.20 Å². The van der Waals surface area contributed by atoms with Crippen LogP contribution in [0.2, 0.25) is 0 Å². The molecule has 1 amide bonds. The van der Waals surface area contributed by atoms with E-state index in [0.29, 0.717) is 22.7 Å². The Balaban J connectivity index is 1.94. The molecule has 144 valence electrons. The molecule has 0 bridgehead atoms. The first kappa shape index (κ1) is 17.8. The van der Waals surface area contributed by atoms with Gasteiger partial charge < -0.3 is 14.4 Å². The number of halogens is 1. The number of rotatable bonds is 4. The molecule has 8 nitrogen and oxygen atoms in total. The fourth-order valence-electron chi connectivity index (χ4n) is 3.11. The Morgan fingerprint density at radius 1 is 1.18 bits per heavy atom. The first-order valence-corrected chi connectivity index (χ1v) is 8.47. The quantitative estimate of drug-likeness (QED) is 0.687. The molecule has 0 saturated carbocycles. The molecule has 0 saturated heterocycles. The van der Waals surface area contributed by atoms with Crippen molar-refractivity contribution in [2.75, 3.05) is 25.4 Å². The lowest BCUT2D eigenvalue weighted by atomic mass is 10.1. The molecule has 0 fully saturated rings. The second-order valence-electron chi connectivity index (χ2n) is 6.29. The van der Waals surface area contributed by atoms with Crippen LogP contribution >= 0.6 is 0 Å². The van der Waals surface area contributed by atoms with Crippen LogP contribution in [0.3, 0.4) is 0 Å². The second kappa shape index (κ2) is 6.84. The molecule has 0 spiro atoms. The van der Waals surface area contributed by atoms with Crippen LogP contribution in [0.5, 0.6) is 11.5 Å². The average Bonchev–Trinajstić information content (AvgIpc) is 3.12. The molecule has 3 heterocycles. The Kier molecular flexibility index (Phi) is 4.34. The van der Waals surface area contributed by atoms with E-state index in [4.69, 9.17) is 9.47 Å². The van der Waals surface area contributed by atoms with Crippen LogP contribution in [0.15, 0.2) is 47.7 Å². The lowest BCUT2D eigenvalue weighted by Crippen LogP contribution is -2.40. The minimum absolute atomic E-state index is 0.143. The summed E-state index contributed by atoms with van der Waals surface area (Å²) in [6, 6.07) is 6.40. The molecule has 4 rings (SSSR count). The normalized spacial score (nSPS) is 13.2. The molecule has 0 N–H and O–H groups in total. The van der Waals surface area contributed by atoms with Crippen LogP contribution in [0, 0.1) is 0 Å². The fraction of sp³-hybridized carbons (Fsp3) is 0.211. The van der Waals surface area contributed by atoms with E-state index < -0.39 is 12.4 Å². The highest BCUT2D eigenvalue weighted by Crippen LogP contribution is 2.38. The van der Waals surface area contributed by atoms with Crippen molar-refractivity contribution in [3.63, 3.8) is 0 Å². The van der Waals surface area contributed by atoms with Crippen LogP contribution in [-0.4, -0.2) is 40.8 Å². The lowest BCUT2D eigenvalue weighted by molar-refractivity contribution is -0.121. The molecule has 9 heteroatoms. The van der Waals surface area contributed by atoms with Gasteiger partial charge in [0.1, 0.15) is 5.75 Å². The second-order valence-corrected chi connectivity index (χ2v) is 6.29. The van der Waals surface area contributed by atoms with E-state index in [2.05, 4.69) is 5.10 Å². The van der Waals surface area contributed by atoms with Gasteiger partial charge in [-0.2, -0.15) is 5.10 Å². The number of amides is 1. The smallest absolute Gasteiger partial charge is 0.282 e. The minimum Gasteiger partial charge on any atom is -0.481 e. The predicted octanol–water partition coefficient (Wildman–Crippen LogP) is 1.90. The maximum atomic E-state index is 13.1. The van der Waals surface area contributed by atoms with Gasteiger partial charge in [0.15, 0.2) is 18.0 Å². The van der Waals surface area contributed by atoms with Gasteiger partial charge in [-0.05, 0) is 24.3 Å². The maximum Gasteiger partial charge on any atom is 0.282 e. The molecular formula is C19H17FN4O4. The van der Waals surface area contributed by atoms with Gasteiger partial charge >= 0.3 is 0 Å². The van der Waals surface area contributed by atoms with E-state index in [1.807, 2.05) is 0 Å². The Labute approximate surface area is 159 Å². The highest BCUT2D eigenvalue weighted by molar-refractivity contribution is 5.99. The van der Waals surface area contributed by atoms with Crippen molar-refractivity contribution in [1.29, 1.82) is 0 Å². The van der Waals surface area contributed by atoms with Gasteiger partial charge in [-0.15, -0.1) is 0 Å². The summed E-state index contributed by atoms with van der Waals surface area (Å²) in [6.45, 7) is -1.08. The Morgan fingerprint density at radius 3 is 2.57 bits per heavy atom. The van der Waals surface area contributed by atoms with Crippen LogP contribution < -0.4 is 19.9 Å². The summed E-state index contributed by atoms with van der Waals surface area (Å²) in [6.07, 6.45) is 5.09. The number of pyridine rings is 1. The van der Waals surface area contributed by atoms with E-state index >= 15 is 0 Å². The highest BCUT2D eigenvalue weighted by atomic mass is 19.1. The number of alkyl halides is 1. The van der Waals surface area contributed by atoms with E-state index in [-0.39, 0.29) is 18.2 Å². The molecule has 3 aromatic rings. The molecule has 0 radical (unpaired) electrons. The standard InChI is InChI=1S/C19H17FN4O4/c1-22-8-12(7-21-22)15-9-24(13-3-5-14(6-4-13)28-11-20)19(26)17-18(15)27-10-16(25)23(17)2/h3-9H,10-11H2,1-2H3. The average molecular weight is 384 g/mol. The zero-order chi connectivity index (χ0) is 19.8. The van der Waals surface area contributed by atoms with Crippen molar-refractivity contribution in [2.24, 2.45) is 7.05 Å². The molecule has 0 atom stereocenters. The first-order valence-electron chi connectivity index (χ1n) is 8.47. The highest BCUT2D eigenvalue weighted by Gasteiger charge is 2.30. The van der Waals surface area contributed by atoms with Crippen molar-refractivity contribution in [3.8, 4) is 28.3 Å². The first-order chi connectivity index (χ1) is 13.5. The van der Waals surface area contributed by atoms with Crippen LogP contribution in [0.4, 0.5) is 10.1 Å². The molecule has 1 aromatic carbocycles. The van der Waals surface area contributed by atoms with Gasteiger partial charge in [-0.1, -0.05) is 0 Å². The summed E-state index contributed by atoms with van der Waals surface area (Å²) in [7, 11) is 3.33. The fourth-order valence-corrected chi connectivity index (χ4v) is 3.11. The molecule has 2 aromatic heterocycles. The van der Waals surface area contributed by atoms with E-state index in [0.717, 1.165) is 5.56 Å². The largest absolute Gasteiger partial charge is 0.481 e. The Morgan fingerprint density at radius 2 is 1.93 bits per heavy atom. The SMILES string of the molecule is CN1C(=O)COc2c(-c3cnn(C)c3)cn(-c3ccc(OCF)cc3)c(=O)c21. The summed E-state index contributed by atoms with van der Waals surface area (Å²) in [4.78, 5) is 26.6. The van der Waals surface area contributed by atoms with Crippen LogP contribution in [0.25, 0.3) is 16.8 Å². The van der Waals surface area contributed by atoms with Crippen molar-refractivity contribution >= 4 is 11.6 Å². The lowest BCUT2D eigenvalue weighted by Gasteiger charge is -2.27. The number of hydrogen-bond acceptors (Lipinski definition) is 5. The third-order valence-corrected chi connectivity index (χ3v) is 4.54. The number of carbonyl (C=O) groups is 1. The molecule has 1 aliphatic heterocycles. The number of likely N-dealkylation sites (N-methyl/N-ethyl adjacent to an activating group) is 1. The molecule has 1 aliphatic rings. The number of ether oxygens (including phenoxy) is 2. The van der Waals surface area contributed by atoms with E-state index in [1.165, 1.54) is 9.47 Å². The molecular weight excluding hydrogens is 367 g/mol. The third-order valence-electron chi connectivity index (χ3n) is 4.54. The Hall–Kier alpha value is -3.62. The number of fused-ring (bicyclic) bond motifs is 1. The van der Waals surface area contributed by atoms with Gasteiger partial charge in [-0.3, -0.25) is 18.8 Å². The summed E-state index contributed by atoms with van der Waals surface area (Å²) in [5.74, 6) is 0.375. The topological polar surface area (TPSA) is 78.6 Å². The summed E-state index contributed by atoms with van der Waals surface area (Å²) in [5, 5.41) is 4.17. The van der Waals surface area contributed by atoms with E-state index in [9.17, 15) is 14.0 Å². The van der Waals surface area contributed by atoms with E-state index in [1.54, 1.807) is 61.6 Å². The number of benzene rings is 1. The monoisotopic (exact) mass is 384 g/mol. The minimum atomic E-state index is -0.937. The number of anilines is 1. The van der Waals surface area contributed by atoms with Gasteiger partial charge in [-0.25, -0.2) is 4.39 Å². The number of nitrogens with zero attached hydrogens (tertiary/aromatic N) is 4. The number of hydrogen-bond donors (Lipinski definition) is 0. The molecule has 0 aliphatic carbocycles. The Bertz CT molecular complexity index is 1100. The van der Waals surface area contributed by atoms with Crippen LogP contribution in [-0.2, 0) is 11.8 Å². The zero-order valence-electron chi connectivity index (χ0n) is 15.3. The van der Waals surface area contributed by atoms with Gasteiger partial charge in [0.2, 0.25) is 6.86 Å². The van der Waals surface area contributed by atoms with Crippen molar-refractivity contribution < 1.29 is 18.7 Å². The molecule has 28 heavy (non-hydrogen) atoms. The summed E-state index contributed by atoms with van der Waals surface area (Å²) in [5.41, 5.74) is 1.66. The summed E-state index contributed by atoms with van der Waals surface area (Å²) < 4.78 is 25.8. The van der Waals surface area contributed by atoms with Crippen LogP contribution in [0.1, 0.15) is 0 Å². The third kappa shape index (κ3) is 2.90. The van der Waals surface area contributed by atoms with Crippen molar-refractivity contribution in [3.05, 3.63) is 53.2 Å². The van der Waals surface area contributed by atoms with Gasteiger partial charge in [0.25, 0.3) is 11.5 Å². The molecule has 0 unspecified atom stereocenters. The number of carbonyl (C=O) groups excluding carboxylic acids is 1. The maximum absolute atomic E-state index is 13.1.